The fourth-order valence-corrected chi connectivity index (χ4v) is 4.22. The van der Waals surface area contributed by atoms with E-state index >= 15 is 0 Å². The van der Waals surface area contributed by atoms with Crippen molar-refractivity contribution in [3.63, 3.8) is 0 Å². The van der Waals surface area contributed by atoms with Crippen LogP contribution in [0.5, 0.6) is 5.75 Å². The SMILES string of the molecule is CC(C)Oc1cc2nc(C3CCC(CO)CC3)cn2cc1NC(=O)c1cccc(C(F)(F)F)n1. The number of fused-ring (bicyclic) bond motifs is 1. The third kappa shape index (κ3) is 5.32. The molecule has 2 N–H and O–H groups in total. The normalized spacial score (nSPS) is 18.9. The number of amides is 1. The van der Waals surface area contributed by atoms with Gasteiger partial charge >= 0.3 is 6.18 Å². The predicted octanol–water partition coefficient (Wildman–Crippen LogP) is 5.05. The Labute approximate surface area is 195 Å². The highest BCUT2D eigenvalue weighted by Crippen LogP contribution is 2.36. The summed E-state index contributed by atoms with van der Waals surface area (Å²) in [5.41, 5.74) is 0.389. The van der Waals surface area contributed by atoms with Gasteiger partial charge in [0.05, 0.1) is 11.8 Å². The summed E-state index contributed by atoms with van der Waals surface area (Å²) < 4.78 is 46.6. The van der Waals surface area contributed by atoms with Gasteiger partial charge in [-0.2, -0.15) is 13.2 Å². The highest BCUT2D eigenvalue weighted by Gasteiger charge is 2.33. The number of alkyl halides is 3. The second-order valence-electron chi connectivity index (χ2n) is 8.91. The molecule has 7 nitrogen and oxygen atoms in total. The largest absolute Gasteiger partial charge is 0.489 e. The fourth-order valence-electron chi connectivity index (χ4n) is 4.22. The number of aliphatic hydroxyl groups is 1. The van der Waals surface area contributed by atoms with Gasteiger partial charge in [0.15, 0.2) is 0 Å². The molecule has 3 aromatic heterocycles. The number of hydrogen-bond donors (Lipinski definition) is 2. The van der Waals surface area contributed by atoms with E-state index in [4.69, 9.17) is 9.72 Å². The molecule has 10 heteroatoms. The van der Waals surface area contributed by atoms with Crippen LogP contribution in [0.15, 0.2) is 36.7 Å². The molecule has 1 saturated carbocycles. The van der Waals surface area contributed by atoms with E-state index in [1.165, 1.54) is 6.07 Å². The van der Waals surface area contributed by atoms with Crippen molar-refractivity contribution in [1.82, 2.24) is 14.4 Å². The highest BCUT2D eigenvalue weighted by atomic mass is 19.4. The molecule has 1 amide bonds. The lowest BCUT2D eigenvalue weighted by atomic mass is 9.81. The van der Waals surface area contributed by atoms with Crippen LogP contribution in [0, 0.1) is 5.92 Å². The van der Waals surface area contributed by atoms with E-state index in [-0.39, 0.29) is 24.3 Å². The Balaban J connectivity index is 1.62. The molecule has 0 bridgehead atoms. The van der Waals surface area contributed by atoms with Gasteiger partial charge in [0.25, 0.3) is 5.91 Å². The number of aliphatic hydroxyl groups excluding tert-OH is 1. The van der Waals surface area contributed by atoms with Gasteiger partial charge in [0.2, 0.25) is 0 Å². The minimum atomic E-state index is -4.65. The number of rotatable bonds is 6. The van der Waals surface area contributed by atoms with E-state index in [1.807, 2.05) is 20.0 Å². The van der Waals surface area contributed by atoms with Crippen molar-refractivity contribution in [3.05, 3.63) is 53.7 Å². The van der Waals surface area contributed by atoms with Crippen LogP contribution in [0.3, 0.4) is 0 Å². The summed E-state index contributed by atoms with van der Waals surface area (Å²) in [5.74, 6) is 0.209. The van der Waals surface area contributed by atoms with Gasteiger partial charge in [-0.25, -0.2) is 9.97 Å². The van der Waals surface area contributed by atoms with Crippen molar-refractivity contribution in [2.75, 3.05) is 11.9 Å². The number of nitrogens with zero attached hydrogens (tertiary/aromatic N) is 3. The van der Waals surface area contributed by atoms with Crippen LogP contribution in [0.4, 0.5) is 18.9 Å². The standard InChI is InChI=1S/C24H27F3N4O3/c1-14(2)34-20-10-22-29-18(16-8-6-15(13-32)7-9-16)11-31(22)12-19(20)30-23(33)17-4-3-5-21(28-17)24(25,26)27/h3-5,10-12,14-16,32H,6-9,13H2,1-2H3,(H,30,33). The van der Waals surface area contributed by atoms with E-state index in [2.05, 4.69) is 10.3 Å². The smallest absolute Gasteiger partial charge is 0.433 e. The molecule has 0 saturated heterocycles. The van der Waals surface area contributed by atoms with Crippen molar-refractivity contribution in [1.29, 1.82) is 0 Å². The molecule has 1 aliphatic rings. The van der Waals surface area contributed by atoms with Gasteiger partial charge in [-0.05, 0) is 57.6 Å². The summed E-state index contributed by atoms with van der Waals surface area (Å²) >= 11 is 0. The number of pyridine rings is 2. The monoisotopic (exact) mass is 476 g/mol. The van der Waals surface area contributed by atoms with Crippen molar-refractivity contribution >= 4 is 17.2 Å². The van der Waals surface area contributed by atoms with Gasteiger partial charge in [0.1, 0.15) is 28.5 Å². The molecule has 0 unspecified atom stereocenters. The summed E-state index contributed by atoms with van der Waals surface area (Å²) in [5, 5.41) is 12.0. The van der Waals surface area contributed by atoms with Crippen LogP contribution in [0.25, 0.3) is 5.65 Å². The lowest BCUT2D eigenvalue weighted by Gasteiger charge is -2.25. The first-order valence-electron chi connectivity index (χ1n) is 11.3. The minimum Gasteiger partial charge on any atom is -0.489 e. The molecule has 0 radical (unpaired) electrons. The molecule has 0 spiro atoms. The number of carbonyl (C=O) groups is 1. The summed E-state index contributed by atoms with van der Waals surface area (Å²) in [4.78, 5) is 20.9. The molecule has 34 heavy (non-hydrogen) atoms. The van der Waals surface area contributed by atoms with E-state index in [1.54, 1.807) is 16.7 Å². The number of carbonyl (C=O) groups excluding carboxylic acids is 1. The number of nitrogens with one attached hydrogen (secondary N) is 1. The maximum absolute atomic E-state index is 13.0. The first-order valence-corrected chi connectivity index (χ1v) is 11.3. The molecular formula is C24H27F3N4O3. The Morgan fingerprint density at radius 3 is 2.59 bits per heavy atom. The molecule has 182 valence electrons. The quantitative estimate of drug-likeness (QED) is 0.520. The Morgan fingerprint density at radius 1 is 1.21 bits per heavy atom. The number of ether oxygens (including phenoxy) is 1. The van der Waals surface area contributed by atoms with Gasteiger partial charge < -0.3 is 19.6 Å². The highest BCUT2D eigenvalue weighted by molar-refractivity contribution is 6.03. The van der Waals surface area contributed by atoms with Gasteiger partial charge in [-0.1, -0.05) is 6.07 Å². The molecule has 1 aliphatic carbocycles. The third-order valence-corrected chi connectivity index (χ3v) is 5.98. The molecule has 0 atom stereocenters. The zero-order valence-electron chi connectivity index (χ0n) is 19.0. The topological polar surface area (TPSA) is 88.8 Å². The number of imidazole rings is 1. The summed E-state index contributed by atoms with van der Waals surface area (Å²) in [6.45, 7) is 3.87. The van der Waals surface area contributed by atoms with Crippen LogP contribution in [-0.4, -0.2) is 38.1 Å². The van der Waals surface area contributed by atoms with Crippen molar-refractivity contribution in [2.24, 2.45) is 5.92 Å². The van der Waals surface area contributed by atoms with Crippen molar-refractivity contribution in [3.8, 4) is 5.75 Å². The van der Waals surface area contributed by atoms with E-state index in [0.29, 0.717) is 23.0 Å². The third-order valence-electron chi connectivity index (χ3n) is 5.98. The van der Waals surface area contributed by atoms with E-state index in [9.17, 15) is 23.1 Å². The number of anilines is 1. The second-order valence-corrected chi connectivity index (χ2v) is 8.91. The first-order chi connectivity index (χ1) is 16.1. The fraction of sp³-hybridized carbons (Fsp3) is 0.458. The van der Waals surface area contributed by atoms with Crippen LogP contribution in [0.1, 0.15) is 67.3 Å². The lowest BCUT2D eigenvalue weighted by molar-refractivity contribution is -0.141. The zero-order chi connectivity index (χ0) is 24.5. The van der Waals surface area contributed by atoms with Crippen molar-refractivity contribution < 1.29 is 27.8 Å². The Hall–Kier alpha value is -3.14. The van der Waals surface area contributed by atoms with Crippen LogP contribution < -0.4 is 10.1 Å². The molecule has 3 heterocycles. The molecule has 0 aromatic carbocycles. The maximum atomic E-state index is 13.0. The van der Waals surface area contributed by atoms with Crippen molar-refractivity contribution in [2.45, 2.75) is 57.7 Å². The zero-order valence-corrected chi connectivity index (χ0v) is 19.0. The Morgan fingerprint density at radius 2 is 1.94 bits per heavy atom. The van der Waals surface area contributed by atoms with Crippen LogP contribution >= 0.6 is 0 Å². The van der Waals surface area contributed by atoms with Gasteiger partial charge in [-0.15, -0.1) is 0 Å². The minimum absolute atomic E-state index is 0.201. The number of halogens is 3. The molecule has 1 fully saturated rings. The average Bonchev–Trinajstić information content (AvgIpc) is 3.21. The average molecular weight is 476 g/mol. The molecular weight excluding hydrogens is 449 g/mol. The molecule has 4 rings (SSSR count). The predicted molar refractivity (Wildman–Crippen MR) is 120 cm³/mol. The second kappa shape index (κ2) is 9.61. The van der Waals surface area contributed by atoms with Crippen LogP contribution in [-0.2, 0) is 6.18 Å². The number of aromatic nitrogens is 3. The lowest BCUT2D eigenvalue weighted by Crippen LogP contribution is -2.18. The number of hydrogen-bond acceptors (Lipinski definition) is 5. The Bertz CT molecular complexity index is 1170. The maximum Gasteiger partial charge on any atom is 0.433 e. The molecule has 3 aromatic rings. The van der Waals surface area contributed by atoms with E-state index < -0.39 is 17.8 Å². The Kier molecular flexibility index (Phi) is 6.79. The summed E-state index contributed by atoms with van der Waals surface area (Å²) in [6, 6.07) is 4.90. The summed E-state index contributed by atoms with van der Waals surface area (Å²) in [7, 11) is 0. The molecule has 0 aliphatic heterocycles. The van der Waals surface area contributed by atoms with Crippen LogP contribution in [0.2, 0.25) is 0 Å². The van der Waals surface area contributed by atoms with E-state index in [0.717, 1.165) is 43.5 Å². The van der Waals surface area contributed by atoms with Gasteiger partial charge in [0, 0.05) is 31.0 Å². The summed E-state index contributed by atoms with van der Waals surface area (Å²) in [6.07, 6.45) is 2.47. The first kappa shape index (κ1) is 24.0. The van der Waals surface area contributed by atoms with Gasteiger partial charge in [-0.3, -0.25) is 4.79 Å².